The molecule has 0 saturated heterocycles. The van der Waals surface area contributed by atoms with Crippen molar-refractivity contribution in [2.75, 3.05) is 5.73 Å². The molecule has 6 heteroatoms. The van der Waals surface area contributed by atoms with Crippen LogP contribution in [0, 0.1) is 5.21 Å². The van der Waals surface area contributed by atoms with Crippen LogP contribution in [0.2, 0.25) is 5.02 Å². The Morgan fingerprint density at radius 3 is 2.50 bits per heavy atom. The first kappa shape index (κ1) is 8.83. The van der Waals surface area contributed by atoms with Crippen LogP contribution in [0.4, 0.5) is 5.82 Å². The summed E-state index contributed by atoms with van der Waals surface area (Å²) in [5.74, 6) is 0.0577. The fourth-order valence-electron chi connectivity index (χ4n) is 1.12. The quantitative estimate of drug-likeness (QED) is 0.719. The van der Waals surface area contributed by atoms with Gasteiger partial charge in [-0.3, -0.25) is 4.63 Å². The number of nitrogens with two attached hydrogens (primary N) is 1. The van der Waals surface area contributed by atoms with E-state index in [1.807, 2.05) is 0 Å². The fourth-order valence-corrected chi connectivity index (χ4v) is 1.25. The molecule has 0 unspecified atom stereocenters. The van der Waals surface area contributed by atoms with E-state index in [4.69, 9.17) is 17.3 Å². The molecule has 1 aromatic carbocycles. The summed E-state index contributed by atoms with van der Waals surface area (Å²) in [5, 5.41) is 15.0. The van der Waals surface area contributed by atoms with E-state index in [0.29, 0.717) is 10.6 Å². The van der Waals surface area contributed by atoms with Crippen molar-refractivity contribution < 1.29 is 9.53 Å². The Kier molecular flexibility index (Phi) is 2.01. The van der Waals surface area contributed by atoms with Crippen LogP contribution >= 0.6 is 11.6 Å². The summed E-state index contributed by atoms with van der Waals surface area (Å²) in [6.45, 7) is 0. The van der Waals surface area contributed by atoms with Crippen molar-refractivity contribution in [3.8, 4) is 11.3 Å². The van der Waals surface area contributed by atoms with Gasteiger partial charge >= 0.3 is 5.82 Å². The zero-order chi connectivity index (χ0) is 10.1. The molecule has 0 atom stereocenters. The smallest absolute Gasteiger partial charge is 0.313 e. The van der Waals surface area contributed by atoms with Gasteiger partial charge in [-0.15, -0.1) is 0 Å². The molecule has 0 spiro atoms. The van der Waals surface area contributed by atoms with E-state index < -0.39 is 0 Å². The van der Waals surface area contributed by atoms with Crippen LogP contribution in [0.25, 0.3) is 11.3 Å². The second-order valence-electron chi connectivity index (χ2n) is 2.67. The molecular formula is C8H6ClN3O2. The minimum absolute atomic E-state index is 0.0577. The summed E-state index contributed by atoms with van der Waals surface area (Å²) in [6.07, 6.45) is 0. The Labute approximate surface area is 84.2 Å². The number of nitrogens with zero attached hydrogens (tertiary/aromatic N) is 2. The van der Waals surface area contributed by atoms with Gasteiger partial charge in [0.05, 0.1) is 5.16 Å². The summed E-state index contributed by atoms with van der Waals surface area (Å²) >= 11 is 5.70. The molecule has 2 rings (SSSR count). The second kappa shape index (κ2) is 3.19. The highest BCUT2D eigenvalue weighted by molar-refractivity contribution is 6.30. The van der Waals surface area contributed by atoms with Crippen molar-refractivity contribution in [1.82, 2.24) is 5.16 Å². The van der Waals surface area contributed by atoms with Crippen molar-refractivity contribution in [2.24, 2.45) is 0 Å². The standard InChI is InChI=1S/C8H6ClN3O2/c9-6-3-1-5(2-4-6)7-8(10)11-14-12(7)13/h1-4H,(H2,10,11). The Morgan fingerprint density at radius 1 is 1.36 bits per heavy atom. The van der Waals surface area contributed by atoms with Gasteiger partial charge in [-0.05, 0) is 29.2 Å². The predicted molar refractivity (Wildman–Crippen MR) is 50.3 cm³/mol. The molecule has 2 aromatic rings. The van der Waals surface area contributed by atoms with Gasteiger partial charge in [0.2, 0.25) is 5.69 Å². The maximum atomic E-state index is 11.1. The number of benzene rings is 1. The first-order chi connectivity index (χ1) is 6.68. The monoisotopic (exact) mass is 211 g/mol. The van der Waals surface area contributed by atoms with Gasteiger partial charge in [0.1, 0.15) is 0 Å². The summed E-state index contributed by atoms with van der Waals surface area (Å²) < 4.78 is 4.33. The van der Waals surface area contributed by atoms with Crippen LogP contribution < -0.4 is 10.6 Å². The highest BCUT2D eigenvalue weighted by Crippen LogP contribution is 2.21. The van der Waals surface area contributed by atoms with Crippen molar-refractivity contribution in [1.29, 1.82) is 0 Å². The third-order valence-corrected chi connectivity index (χ3v) is 2.01. The molecule has 0 saturated carbocycles. The van der Waals surface area contributed by atoms with E-state index >= 15 is 0 Å². The van der Waals surface area contributed by atoms with E-state index in [9.17, 15) is 5.21 Å². The molecule has 0 amide bonds. The molecule has 5 nitrogen and oxygen atoms in total. The minimum Gasteiger partial charge on any atom is -0.359 e. The van der Waals surface area contributed by atoms with Crippen LogP contribution in [0.3, 0.4) is 0 Å². The number of halogens is 1. The molecule has 2 N–H and O–H groups in total. The van der Waals surface area contributed by atoms with Crippen molar-refractivity contribution in [3.05, 3.63) is 34.5 Å². The van der Waals surface area contributed by atoms with Gasteiger partial charge < -0.3 is 10.9 Å². The van der Waals surface area contributed by atoms with E-state index in [1.165, 1.54) is 0 Å². The topological polar surface area (TPSA) is 79.0 Å². The molecule has 14 heavy (non-hydrogen) atoms. The number of rotatable bonds is 1. The van der Waals surface area contributed by atoms with Gasteiger partial charge in [-0.2, -0.15) is 0 Å². The van der Waals surface area contributed by atoms with Crippen molar-refractivity contribution in [3.63, 3.8) is 0 Å². The van der Waals surface area contributed by atoms with E-state index in [2.05, 4.69) is 9.79 Å². The van der Waals surface area contributed by atoms with Crippen LogP contribution in [-0.2, 0) is 0 Å². The zero-order valence-corrected chi connectivity index (χ0v) is 7.73. The maximum absolute atomic E-state index is 11.1. The maximum Gasteiger partial charge on any atom is 0.313 e. The average molecular weight is 212 g/mol. The molecule has 0 radical (unpaired) electrons. The van der Waals surface area contributed by atoms with Gasteiger partial charge in [0.25, 0.3) is 0 Å². The molecule has 1 aromatic heterocycles. The van der Waals surface area contributed by atoms with E-state index in [1.54, 1.807) is 24.3 Å². The van der Waals surface area contributed by atoms with E-state index in [0.717, 1.165) is 0 Å². The highest BCUT2D eigenvalue weighted by atomic mass is 35.5. The number of aromatic nitrogens is 2. The summed E-state index contributed by atoms with van der Waals surface area (Å²) in [7, 11) is 0. The van der Waals surface area contributed by atoms with Crippen LogP contribution in [-0.4, -0.2) is 5.16 Å². The molecule has 0 bridgehead atoms. The number of hydrogen-bond acceptors (Lipinski definition) is 4. The van der Waals surface area contributed by atoms with Crippen molar-refractivity contribution >= 4 is 17.4 Å². The molecule has 0 aliphatic heterocycles. The third-order valence-electron chi connectivity index (χ3n) is 1.76. The molecule has 0 aliphatic carbocycles. The number of hydrogen-bond donors (Lipinski definition) is 1. The molecular weight excluding hydrogens is 206 g/mol. The number of anilines is 1. The lowest BCUT2D eigenvalue weighted by molar-refractivity contribution is -0.793. The SMILES string of the molecule is Nc1no[n+]([O-])c1-c1ccc(Cl)cc1. The van der Waals surface area contributed by atoms with Crippen LogP contribution in [0.15, 0.2) is 28.9 Å². The summed E-state index contributed by atoms with van der Waals surface area (Å²) in [6, 6.07) is 6.64. The molecule has 72 valence electrons. The lowest BCUT2D eigenvalue weighted by atomic mass is 10.1. The minimum atomic E-state index is 0.0577. The Hall–Kier alpha value is -1.75. The van der Waals surface area contributed by atoms with Crippen molar-refractivity contribution in [2.45, 2.75) is 0 Å². The lowest BCUT2D eigenvalue weighted by Crippen LogP contribution is -2.25. The number of nitrogen functional groups attached to an aromatic ring is 1. The zero-order valence-electron chi connectivity index (χ0n) is 6.98. The average Bonchev–Trinajstić information content (AvgIpc) is 2.49. The van der Waals surface area contributed by atoms with Gasteiger partial charge in [0.15, 0.2) is 0 Å². The van der Waals surface area contributed by atoms with E-state index in [-0.39, 0.29) is 16.4 Å². The van der Waals surface area contributed by atoms with Crippen LogP contribution in [0.1, 0.15) is 0 Å². The predicted octanol–water partition coefficient (Wildman–Crippen LogP) is 1.21. The molecule has 1 heterocycles. The fraction of sp³-hybridized carbons (Fsp3) is 0. The Bertz CT molecular complexity index is 433. The highest BCUT2D eigenvalue weighted by Gasteiger charge is 2.17. The lowest BCUT2D eigenvalue weighted by Gasteiger charge is -1.96. The largest absolute Gasteiger partial charge is 0.359 e. The van der Waals surface area contributed by atoms with Gasteiger partial charge in [-0.25, -0.2) is 0 Å². The molecule has 0 fully saturated rings. The van der Waals surface area contributed by atoms with Gasteiger partial charge in [0, 0.05) is 10.6 Å². The first-order valence-electron chi connectivity index (χ1n) is 3.79. The summed E-state index contributed by atoms with van der Waals surface area (Å²) in [4.78, 5) is 0.262. The first-order valence-corrected chi connectivity index (χ1v) is 4.17. The third kappa shape index (κ3) is 1.38. The Balaban J connectivity index is 2.54. The van der Waals surface area contributed by atoms with Crippen LogP contribution in [0.5, 0.6) is 0 Å². The normalized spacial score (nSPS) is 10.4. The molecule has 0 aliphatic rings. The summed E-state index contributed by atoms with van der Waals surface area (Å²) in [5.41, 5.74) is 6.26. The second-order valence-corrected chi connectivity index (χ2v) is 3.11. The van der Waals surface area contributed by atoms with Gasteiger partial charge in [-0.1, -0.05) is 11.6 Å². The Morgan fingerprint density at radius 2 is 2.00 bits per heavy atom.